The quantitative estimate of drug-likeness (QED) is 0.537. The molecule has 0 unspecified atom stereocenters. The van der Waals surface area contributed by atoms with E-state index in [0.717, 1.165) is 51.9 Å². The smallest absolute Gasteiger partial charge is 0.409 e. The van der Waals surface area contributed by atoms with Crippen molar-refractivity contribution < 1.29 is 19.1 Å². The Hall–Kier alpha value is -1.46. The highest BCUT2D eigenvalue weighted by molar-refractivity contribution is 5.68. The van der Waals surface area contributed by atoms with E-state index in [1.165, 1.54) is 38.5 Å². The van der Waals surface area contributed by atoms with Gasteiger partial charge in [-0.05, 0) is 25.7 Å². The average molecular weight is 340 g/mol. The summed E-state index contributed by atoms with van der Waals surface area (Å²) in [5.41, 5.74) is 0. The standard InChI is InChI=1S/C18H32N2O4/c21-17-19(13-9-15-23-17)11-7-5-3-1-2-4-6-8-12-20-14-10-16-24-18(20)22/h1-16H2. The van der Waals surface area contributed by atoms with Crippen LogP contribution < -0.4 is 0 Å². The molecule has 2 rings (SSSR count). The summed E-state index contributed by atoms with van der Waals surface area (Å²) in [6.07, 6.45) is 11.2. The highest BCUT2D eigenvalue weighted by Gasteiger charge is 2.19. The van der Waals surface area contributed by atoms with Crippen LogP contribution in [0, 0.1) is 0 Å². The van der Waals surface area contributed by atoms with Crippen molar-refractivity contribution in [1.29, 1.82) is 0 Å². The van der Waals surface area contributed by atoms with Gasteiger partial charge in [-0.15, -0.1) is 0 Å². The maximum absolute atomic E-state index is 11.5. The molecule has 2 aliphatic heterocycles. The Labute approximate surface area is 145 Å². The van der Waals surface area contributed by atoms with E-state index in [1.807, 2.05) is 9.80 Å². The second-order valence-corrected chi connectivity index (χ2v) is 6.74. The minimum atomic E-state index is -0.140. The van der Waals surface area contributed by atoms with Crippen molar-refractivity contribution in [3.05, 3.63) is 0 Å². The van der Waals surface area contributed by atoms with E-state index in [9.17, 15) is 9.59 Å². The van der Waals surface area contributed by atoms with E-state index >= 15 is 0 Å². The van der Waals surface area contributed by atoms with Gasteiger partial charge >= 0.3 is 12.2 Å². The lowest BCUT2D eigenvalue weighted by Gasteiger charge is -2.26. The largest absolute Gasteiger partial charge is 0.449 e. The van der Waals surface area contributed by atoms with E-state index in [2.05, 4.69) is 0 Å². The van der Waals surface area contributed by atoms with Crippen LogP contribution in [0.2, 0.25) is 0 Å². The molecular formula is C18H32N2O4. The first-order valence-corrected chi connectivity index (χ1v) is 9.61. The van der Waals surface area contributed by atoms with Crippen molar-refractivity contribution in [2.45, 2.75) is 64.2 Å². The van der Waals surface area contributed by atoms with Crippen LogP contribution in [0.25, 0.3) is 0 Å². The summed E-state index contributed by atoms with van der Waals surface area (Å²) in [6, 6.07) is 0. The minimum absolute atomic E-state index is 0.140. The van der Waals surface area contributed by atoms with E-state index < -0.39 is 0 Å². The third-order valence-corrected chi connectivity index (χ3v) is 4.72. The monoisotopic (exact) mass is 340 g/mol. The van der Waals surface area contributed by atoms with Crippen molar-refractivity contribution in [3.8, 4) is 0 Å². The number of ether oxygens (including phenoxy) is 2. The number of carbonyl (C=O) groups excluding carboxylic acids is 2. The molecule has 0 spiro atoms. The Morgan fingerprint density at radius 3 is 1.38 bits per heavy atom. The van der Waals surface area contributed by atoms with Crippen molar-refractivity contribution in [2.75, 3.05) is 39.4 Å². The van der Waals surface area contributed by atoms with Crippen LogP contribution in [0.3, 0.4) is 0 Å². The molecular weight excluding hydrogens is 308 g/mol. The van der Waals surface area contributed by atoms with Crippen LogP contribution in [-0.2, 0) is 9.47 Å². The summed E-state index contributed by atoms with van der Waals surface area (Å²) < 4.78 is 10.1. The Balaban J connectivity index is 1.35. The molecule has 2 aliphatic rings. The van der Waals surface area contributed by atoms with Crippen LogP contribution in [0.5, 0.6) is 0 Å². The molecule has 2 saturated heterocycles. The van der Waals surface area contributed by atoms with Gasteiger partial charge in [0.05, 0.1) is 13.2 Å². The van der Waals surface area contributed by atoms with Gasteiger partial charge in [-0.2, -0.15) is 0 Å². The zero-order valence-corrected chi connectivity index (χ0v) is 14.8. The first-order valence-electron chi connectivity index (χ1n) is 9.61. The molecule has 6 nitrogen and oxygen atoms in total. The SMILES string of the molecule is O=C1OCCCN1CCCCCCCCCCN1CCCOC1=O. The second-order valence-electron chi connectivity index (χ2n) is 6.74. The number of rotatable bonds is 11. The number of unbranched alkanes of at least 4 members (excludes halogenated alkanes) is 7. The summed E-state index contributed by atoms with van der Waals surface area (Å²) in [6.45, 7) is 4.53. The summed E-state index contributed by atoms with van der Waals surface area (Å²) in [7, 11) is 0. The van der Waals surface area contributed by atoms with Gasteiger partial charge in [0.1, 0.15) is 0 Å². The predicted molar refractivity (Wildman–Crippen MR) is 92.0 cm³/mol. The van der Waals surface area contributed by atoms with E-state index in [-0.39, 0.29) is 12.2 Å². The number of carbonyl (C=O) groups is 2. The molecule has 6 heteroatoms. The van der Waals surface area contributed by atoms with Crippen molar-refractivity contribution in [3.63, 3.8) is 0 Å². The zero-order chi connectivity index (χ0) is 17.0. The number of cyclic esters (lactones) is 2. The molecule has 24 heavy (non-hydrogen) atoms. The molecule has 0 radical (unpaired) electrons. The second kappa shape index (κ2) is 11.2. The van der Waals surface area contributed by atoms with E-state index in [4.69, 9.17) is 9.47 Å². The Morgan fingerprint density at radius 1 is 0.625 bits per heavy atom. The number of hydrogen-bond donors (Lipinski definition) is 0. The fraction of sp³-hybridized carbons (Fsp3) is 0.889. The lowest BCUT2D eigenvalue weighted by molar-refractivity contribution is 0.0715. The van der Waals surface area contributed by atoms with Gasteiger partial charge in [0.15, 0.2) is 0 Å². The highest BCUT2D eigenvalue weighted by Crippen LogP contribution is 2.12. The molecule has 0 aliphatic carbocycles. The maximum atomic E-state index is 11.5. The van der Waals surface area contributed by atoms with Gasteiger partial charge in [-0.1, -0.05) is 38.5 Å². The number of amides is 2. The van der Waals surface area contributed by atoms with E-state index in [1.54, 1.807) is 0 Å². The van der Waals surface area contributed by atoms with E-state index in [0.29, 0.717) is 13.2 Å². The average Bonchev–Trinajstić information content (AvgIpc) is 2.59. The molecule has 2 heterocycles. The number of hydrogen-bond acceptors (Lipinski definition) is 4. The van der Waals surface area contributed by atoms with Gasteiger partial charge in [0.25, 0.3) is 0 Å². The molecule has 0 aromatic carbocycles. The van der Waals surface area contributed by atoms with Gasteiger partial charge in [-0.25, -0.2) is 9.59 Å². The normalized spacial score (nSPS) is 18.5. The van der Waals surface area contributed by atoms with Crippen molar-refractivity contribution in [1.82, 2.24) is 9.80 Å². The van der Waals surface area contributed by atoms with Crippen LogP contribution >= 0.6 is 0 Å². The molecule has 0 aromatic heterocycles. The van der Waals surface area contributed by atoms with Crippen LogP contribution in [0.1, 0.15) is 64.2 Å². The lowest BCUT2D eigenvalue weighted by Crippen LogP contribution is -2.38. The highest BCUT2D eigenvalue weighted by atomic mass is 16.6. The zero-order valence-electron chi connectivity index (χ0n) is 14.8. The molecule has 138 valence electrons. The molecule has 0 N–H and O–H groups in total. The topological polar surface area (TPSA) is 59.1 Å². The molecule has 0 bridgehead atoms. The Bertz CT molecular complexity index is 353. The maximum Gasteiger partial charge on any atom is 0.409 e. The van der Waals surface area contributed by atoms with Gasteiger partial charge < -0.3 is 19.3 Å². The first-order chi connectivity index (χ1) is 11.8. The molecule has 0 atom stereocenters. The van der Waals surface area contributed by atoms with Gasteiger partial charge in [0, 0.05) is 26.2 Å². The third-order valence-electron chi connectivity index (χ3n) is 4.72. The molecule has 2 amide bonds. The van der Waals surface area contributed by atoms with Gasteiger partial charge in [0.2, 0.25) is 0 Å². The van der Waals surface area contributed by atoms with Crippen molar-refractivity contribution in [2.24, 2.45) is 0 Å². The molecule has 0 aromatic rings. The number of nitrogens with zero attached hydrogens (tertiary/aromatic N) is 2. The first kappa shape index (κ1) is 18.9. The minimum Gasteiger partial charge on any atom is -0.449 e. The summed E-state index contributed by atoms with van der Waals surface area (Å²) in [4.78, 5) is 26.6. The fourth-order valence-electron chi connectivity index (χ4n) is 3.27. The summed E-state index contributed by atoms with van der Waals surface area (Å²) >= 11 is 0. The molecule has 2 fully saturated rings. The Morgan fingerprint density at radius 2 is 1.00 bits per heavy atom. The van der Waals surface area contributed by atoms with Crippen LogP contribution in [0.4, 0.5) is 9.59 Å². The summed E-state index contributed by atoms with van der Waals surface area (Å²) in [5.74, 6) is 0. The Kier molecular flexibility index (Phi) is 8.77. The predicted octanol–water partition coefficient (Wildman–Crippen LogP) is 3.79. The van der Waals surface area contributed by atoms with Crippen molar-refractivity contribution >= 4 is 12.2 Å². The lowest BCUT2D eigenvalue weighted by atomic mass is 10.1. The third kappa shape index (κ3) is 6.97. The summed E-state index contributed by atoms with van der Waals surface area (Å²) in [5, 5.41) is 0. The van der Waals surface area contributed by atoms with Crippen LogP contribution in [-0.4, -0.2) is 61.4 Å². The van der Waals surface area contributed by atoms with Gasteiger partial charge in [-0.3, -0.25) is 0 Å². The fourth-order valence-corrected chi connectivity index (χ4v) is 3.27. The molecule has 0 saturated carbocycles. The van der Waals surface area contributed by atoms with Crippen LogP contribution in [0.15, 0.2) is 0 Å².